The number of anilines is 3. The molecule has 230 valence electrons. The SMILES string of the molecule is c1ccc(-c2ccc(N(c3ccc4c(c3)oc3ccccc34)c3ccc(-c4ccccc4)c4c3oc3ccccc34)c3ccccc23)cc1. The monoisotopic (exact) mass is 627 g/mol. The lowest BCUT2D eigenvalue weighted by molar-refractivity contribution is 0.667. The molecule has 0 aliphatic heterocycles. The maximum Gasteiger partial charge on any atom is 0.160 e. The molecule has 0 atom stereocenters. The molecular weight excluding hydrogens is 599 g/mol. The van der Waals surface area contributed by atoms with E-state index in [0.717, 1.165) is 77.5 Å². The van der Waals surface area contributed by atoms with Crippen molar-refractivity contribution in [2.24, 2.45) is 0 Å². The van der Waals surface area contributed by atoms with E-state index >= 15 is 0 Å². The topological polar surface area (TPSA) is 29.5 Å². The minimum absolute atomic E-state index is 0.837. The number of hydrogen-bond donors (Lipinski definition) is 0. The Balaban J connectivity index is 1.29. The molecule has 3 nitrogen and oxygen atoms in total. The number of benzene rings is 8. The van der Waals surface area contributed by atoms with Crippen LogP contribution in [0.1, 0.15) is 0 Å². The maximum atomic E-state index is 6.85. The van der Waals surface area contributed by atoms with Crippen LogP contribution in [0.15, 0.2) is 185 Å². The highest BCUT2D eigenvalue weighted by atomic mass is 16.3. The standard InChI is InChI=1S/C46H29NO2/c1-3-13-30(14-4-1)33-25-27-40(36-18-8-7-17-35(33)36)47(32-23-24-38-37-19-9-11-21-42(37)48-44(38)29-32)41-28-26-34(31-15-5-2-6-16-31)45-39-20-10-12-22-43(39)49-46(41)45/h1-29H. The third-order valence-corrected chi connectivity index (χ3v) is 9.68. The van der Waals surface area contributed by atoms with Gasteiger partial charge in [-0.3, -0.25) is 0 Å². The van der Waals surface area contributed by atoms with Gasteiger partial charge in [-0.1, -0.05) is 133 Å². The molecule has 0 fully saturated rings. The summed E-state index contributed by atoms with van der Waals surface area (Å²) in [5.41, 5.74) is 11.1. The van der Waals surface area contributed by atoms with E-state index in [1.54, 1.807) is 0 Å². The molecule has 49 heavy (non-hydrogen) atoms. The van der Waals surface area contributed by atoms with Crippen LogP contribution < -0.4 is 4.90 Å². The smallest absolute Gasteiger partial charge is 0.160 e. The molecule has 3 heteroatoms. The van der Waals surface area contributed by atoms with Gasteiger partial charge in [0.25, 0.3) is 0 Å². The Kier molecular flexibility index (Phi) is 6.18. The van der Waals surface area contributed by atoms with Crippen molar-refractivity contribution >= 4 is 71.7 Å². The molecule has 0 saturated heterocycles. The molecule has 8 aromatic carbocycles. The highest BCUT2D eigenvalue weighted by Crippen LogP contribution is 2.48. The molecule has 0 N–H and O–H groups in total. The summed E-state index contributed by atoms with van der Waals surface area (Å²) in [5.74, 6) is 0. The Labute approximate surface area is 282 Å². The molecule has 0 amide bonds. The van der Waals surface area contributed by atoms with Gasteiger partial charge in [0.05, 0.1) is 17.1 Å². The predicted molar refractivity (Wildman–Crippen MR) is 204 cm³/mol. The number of nitrogens with zero attached hydrogens (tertiary/aromatic N) is 1. The van der Waals surface area contributed by atoms with Crippen molar-refractivity contribution in [2.75, 3.05) is 4.90 Å². The largest absolute Gasteiger partial charge is 0.456 e. The second-order valence-corrected chi connectivity index (χ2v) is 12.5. The number of furan rings is 2. The lowest BCUT2D eigenvalue weighted by Gasteiger charge is -2.28. The number of hydrogen-bond acceptors (Lipinski definition) is 3. The first-order chi connectivity index (χ1) is 24.3. The normalized spacial score (nSPS) is 11.7. The van der Waals surface area contributed by atoms with Crippen LogP contribution >= 0.6 is 0 Å². The summed E-state index contributed by atoms with van der Waals surface area (Å²) < 4.78 is 13.3. The summed E-state index contributed by atoms with van der Waals surface area (Å²) in [4.78, 5) is 2.34. The molecule has 2 heterocycles. The molecule has 0 aliphatic rings. The zero-order valence-electron chi connectivity index (χ0n) is 26.5. The van der Waals surface area contributed by atoms with Gasteiger partial charge in [-0.05, 0) is 64.0 Å². The lowest BCUT2D eigenvalue weighted by Crippen LogP contribution is -2.11. The number of fused-ring (bicyclic) bond motifs is 7. The average Bonchev–Trinajstić information content (AvgIpc) is 3.75. The predicted octanol–water partition coefficient (Wildman–Crippen LogP) is 13.4. The highest BCUT2D eigenvalue weighted by molar-refractivity contribution is 6.18. The second-order valence-electron chi connectivity index (χ2n) is 12.5. The molecule has 0 saturated carbocycles. The summed E-state index contributed by atoms with van der Waals surface area (Å²) in [6, 6.07) is 61.9. The molecule has 0 spiro atoms. The van der Waals surface area contributed by atoms with Crippen molar-refractivity contribution in [3.8, 4) is 22.3 Å². The minimum atomic E-state index is 0.837. The summed E-state index contributed by atoms with van der Waals surface area (Å²) in [7, 11) is 0. The first-order valence-corrected chi connectivity index (χ1v) is 16.6. The van der Waals surface area contributed by atoms with Crippen LogP contribution in [-0.2, 0) is 0 Å². The van der Waals surface area contributed by atoms with Crippen molar-refractivity contribution < 1.29 is 8.83 Å². The molecule has 0 aliphatic carbocycles. The van der Waals surface area contributed by atoms with E-state index in [1.807, 2.05) is 18.2 Å². The van der Waals surface area contributed by atoms with Crippen molar-refractivity contribution in [3.63, 3.8) is 0 Å². The van der Waals surface area contributed by atoms with E-state index in [4.69, 9.17) is 8.83 Å². The van der Waals surface area contributed by atoms with Gasteiger partial charge in [0.2, 0.25) is 0 Å². The first-order valence-electron chi connectivity index (χ1n) is 16.6. The van der Waals surface area contributed by atoms with Crippen molar-refractivity contribution in [1.82, 2.24) is 0 Å². The van der Waals surface area contributed by atoms with E-state index in [-0.39, 0.29) is 0 Å². The van der Waals surface area contributed by atoms with Crippen molar-refractivity contribution in [3.05, 3.63) is 176 Å². The fraction of sp³-hybridized carbons (Fsp3) is 0. The molecule has 2 aromatic heterocycles. The minimum Gasteiger partial charge on any atom is -0.456 e. The third-order valence-electron chi connectivity index (χ3n) is 9.68. The zero-order chi connectivity index (χ0) is 32.3. The summed E-state index contributed by atoms with van der Waals surface area (Å²) >= 11 is 0. The third kappa shape index (κ3) is 4.37. The van der Waals surface area contributed by atoms with Gasteiger partial charge in [-0.2, -0.15) is 0 Å². The molecule has 0 radical (unpaired) electrons. The molecular formula is C46H29NO2. The van der Waals surface area contributed by atoms with Gasteiger partial charge in [0, 0.05) is 33.0 Å². The van der Waals surface area contributed by atoms with Crippen LogP contribution in [0.5, 0.6) is 0 Å². The molecule has 0 unspecified atom stereocenters. The molecule has 0 bridgehead atoms. The zero-order valence-corrected chi connectivity index (χ0v) is 26.5. The van der Waals surface area contributed by atoms with E-state index in [9.17, 15) is 0 Å². The fourth-order valence-electron chi connectivity index (χ4n) is 7.46. The summed E-state index contributed by atoms with van der Waals surface area (Å²) in [6.07, 6.45) is 0. The van der Waals surface area contributed by atoms with Gasteiger partial charge >= 0.3 is 0 Å². The lowest BCUT2D eigenvalue weighted by atomic mass is 9.95. The Morgan fingerprint density at radius 1 is 0.347 bits per heavy atom. The van der Waals surface area contributed by atoms with Crippen LogP contribution in [0.25, 0.3) is 76.9 Å². The summed E-state index contributed by atoms with van der Waals surface area (Å²) in [6.45, 7) is 0. The van der Waals surface area contributed by atoms with Crippen molar-refractivity contribution in [1.29, 1.82) is 0 Å². The first kappa shape index (κ1) is 27.5. The van der Waals surface area contributed by atoms with Crippen LogP contribution in [-0.4, -0.2) is 0 Å². The highest BCUT2D eigenvalue weighted by Gasteiger charge is 2.24. The Hall–Kier alpha value is -6.58. The van der Waals surface area contributed by atoms with Gasteiger partial charge in [0.15, 0.2) is 5.58 Å². The van der Waals surface area contributed by atoms with Crippen LogP contribution in [0.4, 0.5) is 17.1 Å². The molecule has 10 rings (SSSR count). The van der Waals surface area contributed by atoms with Gasteiger partial charge in [-0.25, -0.2) is 0 Å². The van der Waals surface area contributed by atoms with E-state index < -0.39 is 0 Å². The van der Waals surface area contributed by atoms with Gasteiger partial charge in [-0.15, -0.1) is 0 Å². The number of para-hydroxylation sites is 2. The Bertz CT molecular complexity index is 2830. The van der Waals surface area contributed by atoms with Crippen LogP contribution in [0.2, 0.25) is 0 Å². The van der Waals surface area contributed by atoms with Crippen LogP contribution in [0.3, 0.4) is 0 Å². The van der Waals surface area contributed by atoms with E-state index in [1.165, 1.54) is 16.5 Å². The maximum absolute atomic E-state index is 6.85. The second kappa shape index (κ2) is 11.0. The van der Waals surface area contributed by atoms with Crippen LogP contribution in [0, 0.1) is 0 Å². The van der Waals surface area contributed by atoms with E-state index in [2.05, 4.69) is 163 Å². The Morgan fingerprint density at radius 3 is 1.65 bits per heavy atom. The quantitative estimate of drug-likeness (QED) is 0.190. The van der Waals surface area contributed by atoms with E-state index in [0.29, 0.717) is 0 Å². The summed E-state index contributed by atoms with van der Waals surface area (Å²) in [5, 5.41) is 6.72. The Morgan fingerprint density at radius 2 is 0.898 bits per heavy atom. The molecule has 10 aromatic rings. The van der Waals surface area contributed by atoms with Gasteiger partial charge < -0.3 is 13.7 Å². The van der Waals surface area contributed by atoms with Crippen molar-refractivity contribution in [2.45, 2.75) is 0 Å². The number of rotatable bonds is 5. The average molecular weight is 628 g/mol. The van der Waals surface area contributed by atoms with Gasteiger partial charge in [0.1, 0.15) is 16.7 Å². The fourth-order valence-corrected chi connectivity index (χ4v) is 7.46.